The molecule has 0 atom stereocenters. The van der Waals surface area contributed by atoms with Gasteiger partial charge in [-0.05, 0) is 49.7 Å². The molecule has 3 aliphatic carbocycles. The summed E-state index contributed by atoms with van der Waals surface area (Å²) in [7, 11) is 0. The molecule has 4 rings (SSSR count). The van der Waals surface area contributed by atoms with Crippen LogP contribution in [0.1, 0.15) is 69.9 Å². The molecule has 0 N–H and O–H groups in total. The number of Topliss-reactive ketones (excluding diaryl/α,β-unsaturated/α-hetero) is 1. The molecule has 108 valence electrons. The maximum absolute atomic E-state index is 12.7. The van der Waals surface area contributed by atoms with Gasteiger partial charge >= 0.3 is 0 Å². The van der Waals surface area contributed by atoms with Crippen LogP contribution in [0.3, 0.4) is 0 Å². The van der Waals surface area contributed by atoms with Gasteiger partial charge in [-0.15, -0.1) is 0 Å². The first-order chi connectivity index (χ1) is 9.64. The standard InChI is InChI=1S/C19H26O/c1-3-9-18-10-12-19(13-11-18,14-17(18)20)16-7-5-15(4-2)6-8-16/h5-8H,3-4,9-14H2,1-2H3. The fourth-order valence-corrected chi connectivity index (χ4v) is 4.51. The average molecular weight is 270 g/mol. The van der Waals surface area contributed by atoms with E-state index in [9.17, 15) is 4.79 Å². The lowest BCUT2D eigenvalue weighted by Crippen LogP contribution is -2.50. The second-order valence-electron chi connectivity index (χ2n) is 6.96. The molecule has 3 fully saturated rings. The van der Waals surface area contributed by atoms with Gasteiger partial charge in [-0.3, -0.25) is 4.79 Å². The summed E-state index contributed by atoms with van der Waals surface area (Å²) in [4.78, 5) is 12.7. The molecule has 20 heavy (non-hydrogen) atoms. The van der Waals surface area contributed by atoms with Crippen molar-refractivity contribution in [1.29, 1.82) is 0 Å². The average Bonchev–Trinajstić information content (AvgIpc) is 2.49. The lowest BCUT2D eigenvalue weighted by atomic mass is 9.50. The topological polar surface area (TPSA) is 17.1 Å². The number of carbonyl (C=O) groups excluding carboxylic acids is 1. The molecule has 0 unspecified atom stereocenters. The molecule has 0 aliphatic heterocycles. The van der Waals surface area contributed by atoms with Crippen LogP contribution in [0.5, 0.6) is 0 Å². The summed E-state index contributed by atoms with van der Waals surface area (Å²) in [6.07, 6.45) is 8.80. The van der Waals surface area contributed by atoms with E-state index in [1.165, 1.54) is 24.0 Å². The van der Waals surface area contributed by atoms with Gasteiger partial charge < -0.3 is 0 Å². The molecule has 0 heterocycles. The normalized spacial score (nSPS) is 32.6. The van der Waals surface area contributed by atoms with Crippen molar-refractivity contribution in [3.05, 3.63) is 35.4 Å². The first-order valence-corrected chi connectivity index (χ1v) is 8.27. The molecule has 0 spiro atoms. The number of hydrogen-bond acceptors (Lipinski definition) is 1. The summed E-state index contributed by atoms with van der Waals surface area (Å²) in [5.74, 6) is 0.552. The van der Waals surface area contributed by atoms with Gasteiger partial charge in [0.2, 0.25) is 0 Å². The van der Waals surface area contributed by atoms with Crippen molar-refractivity contribution in [2.24, 2.45) is 5.41 Å². The molecule has 0 saturated heterocycles. The molecular weight excluding hydrogens is 244 g/mol. The molecule has 0 amide bonds. The third-order valence-corrected chi connectivity index (χ3v) is 5.96. The Morgan fingerprint density at radius 2 is 1.65 bits per heavy atom. The Morgan fingerprint density at radius 3 is 2.15 bits per heavy atom. The van der Waals surface area contributed by atoms with Crippen molar-refractivity contribution in [1.82, 2.24) is 0 Å². The Balaban J connectivity index is 1.87. The second-order valence-corrected chi connectivity index (χ2v) is 6.96. The van der Waals surface area contributed by atoms with Crippen LogP contribution in [-0.4, -0.2) is 5.78 Å². The van der Waals surface area contributed by atoms with Gasteiger partial charge in [0.25, 0.3) is 0 Å². The Morgan fingerprint density at radius 1 is 1.00 bits per heavy atom. The minimum absolute atomic E-state index is 0.0554. The van der Waals surface area contributed by atoms with E-state index in [1.807, 2.05) is 0 Å². The minimum Gasteiger partial charge on any atom is -0.299 e. The van der Waals surface area contributed by atoms with E-state index < -0.39 is 0 Å². The summed E-state index contributed by atoms with van der Waals surface area (Å²) in [5, 5.41) is 0. The quantitative estimate of drug-likeness (QED) is 0.766. The molecule has 0 radical (unpaired) electrons. The highest BCUT2D eigenvalue weighted by atomic mass is 16.1. The van der Waals surface area contributed by atoms with E-state index >= 15 is 0 Å². The van der Waals surface area contributed by atoms with Crippen LogP contribution in [0.25, 0.3) is 0 Å². The molecule has 1 nitrogen and oxygen atoms in total. The van der Waals surface area contributed by atoms with Crippen molar-refractivity contribution in [2.75, 3.05) is 0 Å². The van der Waals surface area contributed by atoms with Gasteiger partial charge in [-0.2, -0.15) is 0 Å². The molecule has 2 bridgehead atoms. The van der Waals surface area contributed by atoms with Gasteiger partial charge in [0.15, 0.2) is 0 Å². The van der Waals surface area contributed by atoms with E-state index in [-0.39, 0.29) is 10.8 Å². The monoisotopic (exact) mass is 270 g/mol. The SMILES string of the molecule is CCCC12CCC(c3ccc(CC)cc3)(CC1)CC2=O. The Kier molecular flexibility index (Phi) is 3.48. The van der Waals surface area contributed by atoms with Crippen LogP contribution in [0.2, 0.25) is 0 Å². The fraction of sp³-hybridized carbons (Fsp3) is 0.632. The van der Waals surface area contributed by atoms with Gasteiger partial charge in [0, 0.05) is 17.3 Å². The lowest BCUT2D eigenvalue weighted by Gasteiger charge is -2.52. The molecule has 1 aromatic carbocycles. The summed E-state index contributed by atoms with van der Waals surface area (Å²) in [6.45, 7) is 4.40. The first kappa shape index (κ1) is 13.9. The van der Waals surface area contributed by atoms with E-state index in [0.717, 1.165) is 38.5 Å². The van der Waals surface area contributed by atoms with Crippen molar-refractivity contribution in [3.63, 3.8) is 0 Å². The first-order valence-electron chi connectivity index (χ1n) is 8.27. The number of benzene rings is 1. The lowest BCUT2D eigenvalue weighted by molar-refractivity contribution is -0.140. The largest absolute Gasteiger partial charge is 0.299 e. The smallest absolute Gasteiger partial charge is 0.139 e. The second kappa shape index (κ2) is 5.02. The van der Waals surface area contributed by atoms with Gasteiger partial charge in [-0.25, -0.2) is 0 Å². The van der Waals surface area contributed by atoms with Crippen molar-refractivity contribution in [3.8, 4) is 0 Å². The summed E-state index contributed by atoms with van der Waals surface area (Å²) < 4.78 is 0. The maximum atomic E-state index is 12.7. The number of hydrogen-bond donors (Lipinski definition) is 0. The van der Waals surface area contributed by atoms with Crippen LogP contribution in [-0.2, 0) is 16.6 Å². The zero-order valence-corrected chi connectivity index (χ0v) is 12.9. The highest BCUT2D eigenvalue weighted by molar-refractivity contribution is 5.88. The fourth-order valence-electron chi connectivity index (χ4n) is 4.51. The van der Waals surface area contributed by atoms with E-state index in [2.05, 4.69) is 38.1 Å². The van der Waals surface area contributed by atoms with Gasteiger partial charge in [0.05, 0.1) is 0 Å². The predicted molar refractivity (Wildman–Crippen MR) is 82.9 cm³/mol. The molecule has 3 aliphatic rings. The van der Waals surface area contributed by atoms with Crippen molar-refractivity contribution < 1.29 is 4.79 Å². The minimum atomic E-state index is 0.0554. The molecular formula is C19H26O. The zero-order valence-electron chi connectivity index (χ0n) is 12.9. The van der Waals surface area contributed by atoms with Crippen LogP contribution < -0.4 is 0 Å². The predicted octanol–water partition coefficient (Wildman–Crippen LogP) is 4.82. The zero-order chi connectivity index (χ0) is 14.2. The summed E-state index contributed by atoms with van der Waals surface area (Å²) >= 11 is 0. The van der Waals surface area contributed by atoms with E-state index in [0.29, 0.717) is 5.78 Å². The van der Waals surface area contributed by atoms with Crippen molar-refractivity contribution in [2.45, 2.75) is 70.6 Å². The van der Waals surface area contributed by atoms with Crippen LogP contribution in [0, 0.1) is 5.41 Å². The highest BCUT2D eigenvalue weighted by Gasteiger charge is 2.53. The van der Waals surface area contributed by atoms with E-state index in [1.54, 1.807) is 0 Å². The molecule has 1 heteroatoms. The van der Waals surface area contributed by atoms with Gasteiger partial charge in [0.1, 0.15) is 5.78 Å². The number of fused-ring (bicyclic) bond motifs is 3. The third-order valence-electron chi connectivity index (χ3n) is 5.96. The molecule has 0 aromatic heterocycles. The Hall–Kier alpha value is -1.11. The summed E-state index contributed by atoms with van der Waals surface area (Å²) in [6, 6.07) is 9.06. The number of aryl methyl sites for hydroxylation is 1. The highest BCUT2D eigenvalue weighted by Crippen LogP contribution is 2.57. The third kappa shape index (κ3) is 2.03. The maximum Gasteiger partial charge on any atom is 0.139 e. The van der Waals surface area contributed by atoms with Crippen LogP contribution in [0.15, 0.2) is 24.3 Å². The number of ketones is 1. The van der Waals surface area contributed by atoms with Crippen LogP contribution in [0.4, 0.5) is 0 Å². The number of rotatable bonds is 4. The van der Waals surface area contributed by atoms with Crippen LogP contribution >= 0.6 is 0 Å². The molecule has 3 saturated carbocycles. The Bertz CT molecular complexity index is 489. The summed E-state index contributed by atoms with van der Waals surface area (Å²) in [5.41, 5.74) is 3.02. The van der Waals surface area contributed by atoms with E-state index in [4.69, 9.17) is 0 Å². The van der Waals surface area contributed by atoms with Crippen molar-refractivity contribution >= 4 is 5.78 Å². The Labute approximate surface area is 122 Å². The molecule has 1 aromatic rings. The number of carbonyl (C=O) groups is 1. The van der Waals surface area contributed by atoms with Gasteiger partial charge in [-0.1, -0.05) is 44.5 Å².